The predicted octanol–water partition coefficient (Wildman–Crippen LogP) is 2.79. The van der Waals surface area contributed by atoms with Crippen molar-refractivity contribution >= 4 is 9.24 Å². The lowest BCUT2D eigenvalue weighted by molar-refractivity contribution is -0.399. The van der Waals surface area contributed by atoms with E-state index >= 15 is 0 Å². The maximum atomic E-state index is 3.28. The number of hydrogen-bond acceptors (Lipinski definition) is 0. The fraction of sp³-hybridized carbons (Fsp3) is 1.00. The zero-order valence-electron chi connectivity index (χ0n) is 9.10. The van der Waals surface area contributed by atoms with Gasteiger partial charge in [0.05, 0.1) is 0 Å². The quantitative estimate of drug-likeness (QED) is 0.433. The number of fused-ring (bicyclic) bond motifs is 13. The van der Waals surface area contributed by atoms with E-state index in [1.165, 1.54) is 53.3 Å². The molecule has 80 valence electrons. The maximum Gasteiger partial charge on any atom is -0.00852 e. The highest BCUT2D eigenvalue weighted by Gasteiger charge is 2.85. The summed E-state index contributed by atoms with van der Waals surface area (Å²) in [6.07, 6.45) is 6.36. The van der Waals surface area contributed by atoms with E-state index in [0.717, 1.165) is 5.16 Å². The second-order valence-corrected chi connectivity index (χ2v) is 8.65. The predicted molar refractivity (Wildman–Crippen MR) is 62.3 cm³/mol. The first-order chi connectivity index (χ1) is 7.32. The number of hydrogen-bond donors (Lipinski definition) is 0. The first-order valence-corrected chi connectivity index (χ1v) is 7.69. The summed E-state index contributed by atoms with van der Waals surface area (Å²) in [5, 5.41) is 0.797. The highest BCUT2D eigenvalue weighted by Crippen LogP contribution is 2.89. The second-order valence-electron chi connectivity index (χ2n) is 7.58. The summed E-state index contributed by atoms with van der Waals surface area (Å²) in [7, 11) is 3.28. The third-order valence-corrected chi connectivity index (χ3v) is 9.19. The molecule has 11 unspecified atom stereocenters. The topological polar surface area (TPSA) is 0 Å². The van der Waals surface area contributed by atoms with Crippen molar-refractivity contribution in [2.75, 3.05) is 0 Å². The molecule has 0 amide bonds. The summed E-state index contributed by atoms with van der Waals surface area (Å²) in [5.74, 6) is 11.1. The Morgan fingerprint density at radius 1 is 0.800 bits per heavy atom. The molecule has 0 N–H and O–H groups in total. The minimum absolute atomic E-state index is 0.797. The van der Waals surface area contributed by atoms with Gasteiger partial charge in [0.25, 0.3) is 0 Å². The van der Waals surface area contributed by atoms with E-state index in [1.54, 1.807) is 25.7 Å². The van der Waals surface area contributed by atoms with Crippen LogP contribution in [0.4, 0.5) is 0 Å². The summed E-state index contributed by atoms with van der Waals surface area (Å²) in [5.41, 5.74) is 0. The van der Waals surface area contributed by atoms with Crippen molar-refractivity contribution in [3.63, 3.8) is 0 Å². The van der Waals surface area contributed by atoms with Gasteiger partial charge in [-0.05, 0) is 84.1 Å². The van der Waals surface area contributed by atoms with Gasteiger partial charge >= 0.3 is 0 Å². The Balaban J connectivity index is 1.40. The van der Waals surface area contributed by atoms with Gasteiger partial charge < -0.3 is 0 Å². The van der Waals surface area contributed by atoms with Gasteiger partial charge in [0.2, 0.25) is 0 Å². The molecule has 6 rings (SSSR count). The molecule has 0 aromatic carbocycles. The normalized spacial score (nSPS) is 84.2. The van der Waals surface area contributed by atoms with Crippen LogP contribution in [0.25, 0.3) is 0 Å². The smallest absolute Gasteiger partial charge is 0.00852 e. The van der Waals surface area contributed by atoms with E-state index < -0.39 is 0 Å². The van der Waals surface area contributed by atoms with Crippen molar-refractivity contribution in [1.29, 1.82) is 0 Å². The first kappa shape index (κ1) is 7.70. The van der Waals surface area contributed by atoms with E-state index in [1.807, 2.05) is 0 Å². The highest BCUT2D eigenvalue weighted by atomic mass is 31.0. The molecular formula is C14H19P. The van der Waals surface area contributed by atoms with Crippen LogP contribution in [0.1, 0.15) is 25.7 Å². The standard InChI is InChI=1S/C14H19P/c15-14-4-3-7(14)10-11-8-5-1-2-6(5)9(8)12(11)13(10)14/h5-13H,1-4,15H2. The molecular weight excluding hydrogens is 199 g/mol. The lowest BCUT2D eigenvalue weighted by Gasteiger charge is -2.90. The Kier molecular flexibility index (Phi) is 0.953. The van der Waals surface area contributed by atoms with Gasteiger partial charge in [0, 0.05) is 0 Å². The van der Waals surface area contributed by atoms with Crippen molar-refractivity contribution < 1.29 is 0 Å². The fourth-order valence-electron chi connectivity index (χ4n) is 7.45. The molecule has 0 aromatic rings. The van der Waals surface area contributed by atoms with Crippen LogP contribution in [0.5, 0.6) is 0 Å². The fourth-order valence-corrected chi connectivity index (χ4v) is 8.45. The second kappa shape index (κ2) is 1.86. The summed E-state index contributed by atoms with van der Waals surface area (Å²) < 4.78 is 0. The molecule has 0 bridgehead atoms. The largest absolute Gasteiger partial charge is 0.130 e. The zero-order chi connectivity index (χ0) is 9.52. The van der Waals surface area contributed by atoms with E-state index in [2.05, 4.69) is 9.24 Å². The van der Waals surface area contributed by atoms with Gasteiger partial charge in [-0.1, -0.05) is 0 Å². The molecule has 6 fully saturated rings. The molecule has 0 aromatic heterocycles. The van der Waals surface area contributed by atoms with Crippen LogP contribution in [0.15, 0.2) is 0 Å². The van der Waals surface area contributed by atoms with Crippen LogP contribution >= 0.6 is 9.24 Å². The summed E-state index contributed by atoms with van der Waals surface area (Å²) in [4.78, 5) is 0. The van der Waals surface area contributed by atoms with Gasteiger partial charge in [0.1, 0.15) is 0 Å². The molecule has 1 heteroatoms. The SMILES string of the molecule is PC12CCC1C1C3C4C5CCC5C4C3C12. The minimum atomic E-state index is 0.797. The molecule has 0 nitrogen and oxygen atoms in total. The Hall–Kier alpha value is 0.430. The molecule has 0 heterocycles. The number of rotatable bonds is 0. The third-order valence-electron chi connectivity index (χ3n) is 8.09. The van der Waals surface area contributed by atoms with Crippen molar-refractivity contribution in [3.8, 4) is 0 Å². The molecule has 0 saturated heterocycles. The maximum absolute atomic E-state index is 3.28. The lowest BCUT2D eigenvalue weighted by atomic mass is 9.16. The van der Waals surface area contributed by atoms with Crippen molar-refractivity contribution in [2.45, 2.75) is 30.8 Å². The summed E-state index contributed by atoms with van der Waals surface area (Å²) in [6.45, 7) is 0. The molecule has 0 aliphatic heterocycles. The molecule has 0 radical (unpaired) electrons. The first-order valence-electron chi connectivity index (χ1n) is 7.11. The molecule has 11 atom stereocenters. The minimum Gasteiger partial charge on any atom is -0.130 e. The lowest BCUT2D eigenvalue weighted by Crippen LogP contribution is -2.88. The Morgan fingerprint density at radius 3 is 2.13 bits per heavy atom. The Morgan fingerprint density at radius 2 is 1.53 bits per heavy atom. The van der Waals surface area contributed by atoms with Crippen molar-refractivity contribution in [2.24, 2.45) is 53.3 Å². The van der Waals surface area contributed by atoms with Crippen LogP contribution in [-0.4, -0.2) is 5.16 Å². The van der Waals surface area contributed by atoms with E-state index in [9.17, 15) is 0 Å². The van der Waals surface area contributed by atoms with Gasteiger partial charge in [-0.3, -0.25) is 0 Å². The van der Waals surface area contributed by atoms with Gasteiger partial charge in [0.15, 0.2) is 0 Å². The van der Waals surface area contributed by atoms with Crippen LogP contribution in [0.2, 0.25) is 0 Å². The third kappa shape index (κ3) is 0.490. The van der Waals surface area contributed by atoms with Gasteiger partial charge in [-0.15, -0.1) is 9.24 Å². The Labute approximate surface area is 93.8 Å². The zero-order valence-corrected chi connectivity index (χ0v) is 10.3. The van der Waals surface area contributed by atoms with E-state index in [-0.39, 0.29) is 0 Å². The van der Waals surface area contributed by atoms with Crippen molar-refractivity contribution in [1.82, 2.24) is 0 Å². The Bertz CT molecular complexity index is 391. The molecule has 0 spiro atoms. The summed E-state index contributed by atoms with van der Waals surface area (Å²) in [6, 6.07) is 0. The van der Waals surface area contributed by atoms with Crippen LogP contribution in [0, 0.1) is 53.3 Å². The van der Waals surface area contributed by atoms with Crippen molar-refractivity contribution in [3.05, 3.63) is 0 Å². The van der Waals surface area contributed by atoms with Crippen LogP contribution in [-0.2, 0) is 0 Å². The average molecular weight is 218 g/mol. The molecule has 6 saturated carbocycles. The van der Waals surface area contributed by atoms with E-state index in [0.29, 0.717) is 0 Å². The average Bonchev–Trinajstić information content (AvgIpc) is 2.16. The van der Waals surface area contributed by atoms with Gasteiger partial charge in [-0.25, -0.2) is 0 Å². The van der Waals surface area contributed by atoms with Gasteiger partial charge in [-0.2, -0.15) is 0 Å². The highest BCUT2D eigenvalue weighted by molar-refractivity contribution is 7.19. The van der Waals surface area contributed by atoms with Crippen LogP contribution in [0.3, 0.4) is 0 Å². The summed E-state index contributed by atoms with van der Waals surface area (Å²) >= 11 is 0. The molecule has 15 heavy (non-hydrogen) atoms. The molecule has 6 aliphatic carbocycles. The van der Waals surface area contributed by atoms with Crippen LogP contribution < -0.4 is 0 Å². The monoisotopic (exact) mass is 218 g/mol. The van der Waals surface area contributed by atoms with E-state index in [4.69, 9.17) is 0 Å². The molecule has 6 aliphatic rings.